The quantitative estimate of drug-likeness (QED) is 0.614. The Bertz CT molecular complexity index is 1010. The summed E-state index contributed by atoms with van der Waals surface area (Å²) in [6, 6.07) is 9.31. The molecule has 0 aliphatic carbocycles. The zero-order valence-corrected chi connectivity index (χ0v) is 17.7. The lowest BCUT2D eigenvalue weighted by Crippen LogP contribution is -2.54. The highest BCUT2D eigenvalue weighted by atomic mass is 79.9. The van der Waals surface area contributed by atoms with Gasteiger partial charge in [-0.05, 0) is 36.4 Å². The van der Waals surface area contributed by atoms with Crippen LogP contribution in [0, 0.1) is 0 Å². The molecule has 0 bridgehead atoms. The van der Waals surface area contributed by atoms with Gasteiger partial charge in [0, 0.05) is 22.5 Å². The monoisotopic (exact) mass is 492 g/mol. The van der Waals surface area contributed by atoms with Crippen molar-refractivity contribution in [3.05, 3.63) is 52.5 Å². The molecule has 2 aliphatic rings. The van der Waals surface area contributed by atoms with Gasteiger partial charge in [0.2, 0.25) is 0 Å². The Hall–Kier alpha value is -1.39. The van der Waals surface area contributed by atoms with Crippen LogP contribution in [0.25, 0.3) is 0 Å². The first-order chi connectivity index (χ1) is 13.2. The zero-order chi connectivity index (χ0) is 20.1. The fourth-order valence-electron chi connectivity index (χ4n) is 3.54. The number of fused-ring (bicyclic) bond motifs is 3. The lowest BCUT2D eigenvalue weighted by molar-refractivity contribution is -0.137. The summed E-state index contributed by atoms with van der Waals surface area (Å²) >= 11 is 5.13. The number of rotatable bonds is 2. The average molecular weight is 493 g/mol. The van der Waals surface area contributed by atoms with E-state index in [2.05, 4.69) is 20.8 Å². The number of alkyl halides is 3. The van der Waals surface area contributed by atoms with Crippen molar-refractivity contribution in [1.29, 1.82) is 0 Å². The van der Waals surface area contributed by atoms with Gasteiger partial charge < -0.3 is 4.90 Å². The number of nitrogens with zero attached hydrogens (tertiary/aromatic N) is 2. The van der Waals surface area contributed by atoms with Crippen molar-refractivity contribution >= 4 is 49.1 Å². The van der Waals surface area contributed by atoms with E-state index in [1.807, 2.05) is 12.1 Å². The third-order valence-electron chi connectivity index (χ3n) is 4.87. The average Bonchev–Trinajstić information content (AvgIpc) is 2.66. The molecule has 0 N–H and O–H groups in total. The van der Waals surface area contributed by atoms with E-state index in [1.165, 1.54) is 10.4 Å². The number of sulfonamides is 1. The smallest absolute Gasteiger partial charge is 0.363 e. The second kappa shape index (κ2) is 7.14. The largest absolute Gasteiger partial charge is 0.416 e. The summed E-state index contributed by atoms with van der Waals surface area (Å²) in [5.74, 6) is 1.72. The molecule has 2 aromatic rings. The van der Waals surface area contributed by atoms with Crippen LogP contribution < -0.4 is 9.21 Å². The van der Waals surface area contributed by atoms with Gasteiger partial charge in [0.15, 0.2) is 0 Å². The van der Waals surface area contributed by atoms with Gasteiger partial charge in [-0.3, -0.25) is 4.31 Å². The summed E-state index contributed by atoms with van der Waals surface area (Å²) in [5.41, 5.74) is 0.292. The Morgan fingerprint density at radius 3 is 2.64 bits per heavy atom. The van der Waals surface area contributed by atoms with Crippen LogP contribution in [0.15, 0.2) is 51.8 Å². The predicted octanol–water partition coefficient (Wildman–Crippen LogP) is 4.60. The van der Waals surface area contributed by atoms with Crippen LogP contribution in [-0.2, 0) is 16.2 Å². The second-order valence-corrected chi connectivity index (χ2v) is 10.5. The number of thioether (sulfide) groups is 1. The molecular formula is C18H16BrF3N2O2S2. The minimum absolute atomic E-state index is 0.0204. The summed E-state index contributed by atoms with van der Waals surface area (Å²) in [5, 5.41) is 0. The van der Waals surface area contributed by atoms with Crippen molar-refractivity contribution in [3.63, 3.8) is 0 Å². The summed E-state index contributed by atoms with van der Waals surface area (Å²) in [7, 11) is -4.15. The molecule has 0 aromatic heterocycles. The van der Waals surface area contributed by atoms with E-state index in [9.17, 15) is 21.6 Å². The predicted molar refractivity (Wildman–Crippen MR) is 109 cm³/mol. The lowest BCUT2D eigenvalue weighted by Gasteiger charge is -2.46. The molecule has 0 radical (unpaired) electrons. The van der Waals surface area contributed by atoms with Crippen LogP contribution in [0.2, 0.25) is 0 Å². The van der Waals surface area contributed by atoms with Gasteiger partial charge in [-0.2, -0.15) is 24.9 Å². The fourth-order valence-corrected chi connectivity index (χ4v) is 6.49. The Kier molecular flexibility index (Phi) is 5.08. The molecule has 4 rings (SSSR count). The number of hydrogen-bond donors (Lipinski definition) is 0. The van der Waals surface area contributed by atoms with Crippen molar-refractivity contribution in [2.45, 2.75) is 17.1 Å². The van der Waals surface area contributed by atoms with Gasteiger partial charge in [-0.1, -0.05) is 22.0 Å². The summed E-state index contributed by atoms with van der Waals surface area (Å²) in [4.78, 5) is 1.83. The third kappa shape index (κ3) is 3.50. The molecule has 0 spiro atoms. The molecule has 1 fully saturated rings. The van der Waals surface area contributed by atoms with Crippen LogP contribution in [0.3, 0.4) is 0 Å². The summed E-state index contributed by atoms with van der Waals surface area (Å²) in [6.07, 6.45) is -4.61. The molecule has 1 unspecified atom stereocenters. The van der Waals surface area contributed by atoms with Gasteiger partial charge >= 0.3 is 6.18 Å². The minimum atomic E-state index is -4.61. The number of anilines is 2. The van der Waals surface area contributed by atoms with Gasteiger partial charge in [0.05, 0.1) is 34.4 Å². The standard InChI is InChI=1S/C18H16BrF3N2O2S2/c19-13-4-5-16-17(9-13)24(10-14-11-27-7-6-23(14)16)28(25,26)15-3-1-2-12(8-15)18(20,21)22/h1-5,8-9,14H,6-7,10-11H2. The first-order valence-electron chi connectivity index (χ1n) is 8.52. The highest BCUT2D eigenvalue weighted by molar-refractivity contribution is 9.10. The minimum Gasteiger partial charge on any atom is -0.363 e. The molecular weight excluding hydrogens is 477 g/mol. The van der Waals surface area contributed by atoms with E-state index in [0.717, 1.165) is 35.9 Å². The number of halogens is 4. The van der Waals surface area contributed by atoms with Crippen molar-refractivity contribution in [2.75, 3.05) is 33.8 Å². The van der Waals surface area contributed by atoms with Crippen molar-refractivity contribution in [2.24, 2.45) is 0 Å². The van der Waals surface area contributed by atoms with Crippen molar-refractivity contribution in [1.82, 2.24) is 0 Å². The number of hydrogen-bond acceptors (Lipinski definition) is 4. The molecule has 0 saturated carbocycles. The van der Waals surface area contributed by atoms with Crippen LogP contribution in [0.1, 0.15) is 5.56 Å². The molecule has 2 aliphatic heterocycles. The normalized spacial score (nSPS) is 19.9. The molecule has 1 atom stereocenters. The van der Waals surface area contributed by atoms with E-state index >= 15 is 0 Å². The lowest BCUT2D eigenvalue weighted by atomic mass is 10.1. The highest BCUT2D eigenvalue weighted by Crippen LogP contribution is 2.42. The molecule has 4 nitrogen and oxygen atoms in total. The molecule has 28 heavy (non-hydrogen) atoms. The van der Waals surface area contributed by atoms with Gasteiger partial charge in [0.1, 0.15) is 0 Å². The molecule has 2 heterocycles. The highest BCUT2D eigenvalue weighted by Gasteiger charge is 2.39. The maximum absolute atomic E-state index is 13.3. The first-order valence-corrected chi connectivity index (χ1v) is 11.9. The molecule has 10 heteroatoms. The van der Waals surface area contributed by atoms with Gasteiger partial charge in [-0.25, -0.2) is 8.42 Å². The Balaban J connectivity index is 1.82. The molecule has 0 amide bonds. The fraction of sp³-hybridized carbons (Fsp3) is 0.333. The second-order valence-electron chi connectivity index (χ2n) is 6.62. The zero-order valence-electron chi connectivity index (χ0n) is 14.5. The maximum atomic E-state index is 13.3. The van der Waals surface area contributed by atoms with Crippen LogP contribution >= 0.6 is 27.7 Å². The van der Waals surface area contributed by atoms with Gasteiger partial charge in [0.25, 0.3) is 10.0 Å². The summed E-state index contributed by atoms with van der Waals surface area (Å²) in [6.45, 7) is 1.01. The van der Waals surface area contributed by atoms with E-state index in [-0.39, 0.29) is 17.5 Å². The Labute approximate surface area is 173 Å². The van der Waals surface area contributed by atoms with E-state index in [4.69, 9.17) is 0 Å². The maximum Gasteiger partial charge on any atom is 0.416 e. The van der Waals surface area contributed by atoms with Crippen molar-refractivity contribution in [3.8, 4) is 0 Å². The van der Waals surface area contributed by atoms with Crippen molar-refractivity contribution < 1.29 is 21.6 Å². The topological polar surface area (TPSA) is 40.6 Å². The van der Waals surface area contributed by atoms with Crippen LogP contribution in [0.4, 0.5) is 24.5 Å². The van der Waals surface area contributed by atoms with E-state index < -0.39 is 21.8 Å². The van der Waals surface area contributed by atoms with Gasteiger partial charge in [-0.15, -0.1) is 0 Å². The van der Waals surface area contributed by atoms with E-state index in [1.54, 1.807) is 17.8 Å². The number of benzene rings is 2. The first kappa shape index (κ1) is 19.9. The Morgan fingerprint density at radius 2 is 1.89 bits per heavy atom. The van der Waals surface area contributed by atoms with E-state index in [0.29, 0.717) is 16.2 Å². The van der Waals surface area contributed by atoms with Crippen LogP contribution in [0.5, 0.6) is 0 Å². The van der Waals surface area contributed by atoms with Crippen LogP contribution in [-0.4, -0.2) is 39.1 Å². The Morgan fingerprint density at radius 1 is 1.11 bits per heavy atom. The molecule has 2 aromatic carbocycles. The SMILES string of the molecule is O=S(=O)(c1cccc(C(F)(F)F)c1)N1CC2CSCCN2c2ccc(Br)cc21. The third-order valence-corrected chi connectivity index (χ3v) is 8.23. The molecule has 1 saturated heterocycles. The molecule has 150 valence electrons. The summed E-state index contributed by atoms with van der Waals surface area (Å²) < 4.78 is 67.9.